The Kier molecular flexibility index (Phi) is 4.66. The molecule has 3 aromatic carbocycles. The number of hydrogen-bond acceptors (Lipinski definition) is 3. The van der Waals surface area contributed by atoms with Crippen molar-refractivity contribution in [3.63, 3.8) is 0 Å². The lowest BCUT2D eigenvalue weighted by atomic mass is 10.0. The third-order valence-electron chi connectivity index (χ3n) is 5.52. The van der Waals surface area contributed by atoms with Gasteiger partial charge in [0.15, 0.2) is 0 Å². The van der Waals surface area contributed by atoms with Crippen molar-refractivity contribution in [2.75, 3.05) is 18.1 Å². The van der Waals surface area contributed by atoms with Crippen LogP contribution in [0.2, 0.25) is 5.02 Å². The van der Waals surface area contributed by atoms with E-state index in [9.17, 15) is 4.79 Å². The molecule has 2 heterocycles. The van der Waals surface area contributed by atoms with Crippen molar-refractivity contribution in [2.24, 2.45) is 4.99 Å². The fraction of sp³-hybridized carbons (Fsp3) is 0.167. The second kappa shape index (κ2) is 7.47. The van der Waals surface area contributed by atoms with Crippen molar-refractivity contribution in [1.29, 1.82) is 0 Å². The molecule has 2 aliphatic rings. The maximum Gasteiger partial charge on any atom is 0.278 e. The zero-order valence-corrected chi connectivity index (χ0v) is 16.6. The molecule has 5 rings (SSSR count). The van der Waals surface area contributed by atoms with Crippen LogP contribution in [0.25, 0.3) is 0 Å². The lowest BCUT2D eigenvalue weighted by Crippen LogP contribution is -2.43. The molecule has 0 N–H and O–H groups in total. The van der Waals surface area contributed by atoms with E-state index >= 15 is 0 Å². The number of benzene rings is 3. The molecule has 0 radical (unpaired) electrons. The van der Waals surface area contributed by atoms with E-state index in [1.807, 2.05) is 41.3 Å². The molecule has 0 spiro atoms. The SMILES string of the molecule is O=C1C(=Nc2ccc(Cl)cc2)c2ccccc2N1CN1CCc2ccccc2C1. The lowest BCUT2D eigenvalue weighted by molar-refractivity contribution is -0.112. The minimum atomic E-state index is -0.0555. The fourth-order valence-electron chi connectivity index (χ4n) is 4.03. The highest BCUT2D eigenvalue weighted by Gasteiger charge is 2.35. The first kappa shape index (κ1) is 18.1. The first-order valence-corrected chi connectivity index (χ1v) is 10.1. The second-order valence-corrected chi connectivity index (χ2v) is 7.84. The van der Waals surface area contributed by atoms with Crippen LogP contribution in [-0.4, -0.2) is 29.7 Å². The van der Waals surface area contributed by atoms with Crippen molar-refractivity contribution in [1.82, 2.24) is 4.90 Å². The van der Waals surface area contributed by atoms with E-state index in [1.165, 1.54) is 11.1 Å². The highest BCUT2D eigenvalue weighted by Crippen LogP contribution is 2.32. The van der Waals surface area contributed by atoms with Gasteiger partial charge in [0, 0.05) is 23.7 Å². The third kappa shape index (κ3) is 3.46. The number of amides is 1. The molecule has 3 aromatic rings. The number of anilines is 1. The van der Waals surface area contributed by atoms with Gasteiger partial charge in [-0.25, -0.2) is 4.99 Å². The summed E-state index contributed by atoms with van der Waals surface area (Å²) in [6, 6.07) is 23.6. The van der Waals surface area contributed by atoms with Crippen molar-refractivity contribution in [2.45, 2.75) is 13.0 Å². The Labute approximate surface area is 175 Å². The van der Waals surface area contributed by atoms with Crippen LogP contribution < -0.4 is 4.90 Å². The van der Waals surface area contributed by atoms with E-state index in [0.29, 0.717) is 17.4 Å². The van der Waals surface area contributed by atoms with Crippen molar-refractivity contribution < 1.29 is 4.79 Å². The highest BCUT2D eigenvalue weighted by molar-refractivity contribution is 6.54. The molecule has 0 bridgehead atoms. The Morgan fingerprint density at radius 2 is 1.62 bits per heavy atom. The van der Waals surface area contributed by atoms with Gasteiger partial charge in [-0.3, -0.25) is 14.6 Å². The van der Waals surface area contributed by atoms with Gasteiger partial charge in [-0.05, 0) is 47.9 Å². The molecule has 0 atom stereocenters. The van der Waals surface area contributed by atoms with E-state index in [2.05, 4.69) is 34.2 Å². The zero-order chi connectivity index (χ0) is 19.8. The Morgan fingerprint density at radius 1 is 0.897 bits per heavy atom. The van der Waals surface area contributed by atoms with Crippen LogP contribution in [0.4, 0.5) is 11.4 Å². The highest BCUT2D eigenvalue weighted by atomic mass is 35.5. The third-order valence-corrected chi connectivity index (χ3v) is 5.77. The van der Waals surface area contributed by atoms with Gasteiger partial charge in [-0.1, -0.05) is 54.1 Å². The quantitative estimate of drug-likeness (QED) is 0.630. The van der Waals surface area contributed by atoms with Gasteiger partial charge in [0.05, 0.1) is 18.0 Å². The van der Waals surface area contributed by atoms with Gasteiger partial charge in [-0.15, -0.1) is 0 Å². The summed E-state index contributed by atoms with van der Waals surface area (Å²) in [5, 5.41) is 0.652. The number of halogens is 1. The van der Waals surface area contributed by atoms with Gasteiger partial charge in [0.2, 0.25) is 0 Å². The molecular weight excluding hydrogens is 382 g/mol. The standard InChI is InChI=1S/C24H20ClN3O/c25-19-9-11-20(12-10-19)26-23-21-7-3-4-8-22(21)28(24(23)29)16-27-14-13-17-5-1-2-6-18(17)15-27/h1-12H,13-16H2. The van der Waals surface area contributed by atoms with Gasteiger partial charge in [0.25, 0.3) is 5.91 Å². The van der Waals surface area contributed by atoms with Gasteiger partial charge >= 0.3 is 0 Å². The summed E-state index contributed by atoms with van der Waals surface area (Å²) in [5.74, 6) is -0.0555. The molecule has 5 heteroatoms. The average Bonchev–Trinajstić information content (AvgIpc) is 3.01. The molecule has 0 saturated carbocycles. The molecule has 0 aromatic heterocycles. The van der Waals surface area contributed by atoms with Gasteiger partial charge < -0.3 is 0 Å². The van der Waals surface area contributed by atoms with E-state index in [-0.39, 0.29) is 5.91 Å². The predicted octanol–water partition coefficient (Wildman–Crippen LogP) is 4.82. The summed E-state index contributed by atoms with van der Waals surface area (Å²) in [5.41, 5.74) is 5.76. The molecule has 4 nitrogen and oxygen atoms in total. The van der Waals surface area contributed by atoms with E-state index in [4.69, 9.17) is 11.6 Å². The minimum Gasteiger partial charge on any atom is -0.293 e. The number of fused-ring (bicyclic) bond motifs is 2. The first-order valence-electron chi connectivity index (χ1n) is 9.74. The number of nitrogens with zero attached hydrogens (tertiary/aromatic N) is 3. The van der Waals surface area contributed by atoms with Crippen LogP contribution in [0, 0.1) is 0 Å². The van der Waals surface area contributed by atoms with Crippen molar-refractivity contribution >= 4 is 34.6 Å². The second-order valence-electron chi connectivity index (χ2n) is 7.40. The van der Waals surface area contributed by atoms with Crippen LogP contribution in [0.1, 0.15) is 16.7 Å². The predicted molar refractivity (Wildman–Crippen MR) is 117 cm³/mol. The van der Waals surface area contributed by atoms with Crippen LogP contribution in [0.5, 0.6) is 0 Å². The van der Waals surface area contributed by atoms with Gasteiger partial charge in [-0.2, -0.15) is 0 Å². The lowest BCUT2D eigenvalue weighted by Gasteiger charge is -2.32. The largest absolute Gasteiger partial charge is 0.293 e. The van der Waals surface area contributed by atoms with Crippen LogP contribution in [0.15, 0.2) is 77.8 Å². The fourth-order valence-corrected chi connectivity index (χ4v) is 4.16. The molecule has 0 saturated heterocycles. The molecule has 1 amide bonds. The summed E-state index contributed by atoms with van der Waals surface area (Å²) in [6.45, 7) is 2.35. The molecule has 0 aliphatic carbocycles. The molecule has 2 aliphatic heterocycles. The van der Waals surface area contributed by atoms with E-state index in [1.54, 1.807) is 12.1 Å². The summed E-state index contributed by atoms with van der Waals surface area (Å²) >= 11 is 5.98. The number of rotatable bonds is 3. The molecular formula is C24H20ClN3O. The number of carbonyl (C=O) groups excluding carboxylic acids is 1. The number of para-hydroxylation sites is 1. The maximum atomic E-state index is 13.3. The smallest absolute Gasteiger partial charge is 0.278 e. The number of aliphatic imine (C=N–C) groups is 1. The molecule has 144 valence electrons. The topological polar surface area (TPSA) is 35.9 Å². The monoisotopic (exact) mass is 401 g/mol. The van der Waals surface area contributed by atoms with E-state index < -0.39 is 0 Å². The van der Waals surface area contributed by atoms with Crippen molar-refractivity contribution in [3.05, 3.63) is 94.5 Å². The summed E-state index contributed by atoms with van der Waals surface area (Å²) < 4.78 is 0. The summed E-state index contributed by atoms with van der Waals surface area (Å²) in [7, 11) is 0. The first-order chi connectivity index (χ1) is 14.2. The Balaban J connectivity index is 1.44. The van der Waals surface area contributed by atoms with Gasteiger partial charge in [0.1, 0.15) is 5.71 Å². The Hall–Kier alpha value is -2.95. The normalized spacial score (nSPS) is 17.5. The Bertz CT molecular complexity index is 1110. The Morgan fingerprint density at radius 3 is 2.45 bits per heavy atom. The minimum absolute atomic E-state index is 0.0555. The summed E-state index contributed by atoms with van der Waals surface area (Å²) in [6.07, 6.45) is 1.01. The molecule has 29 heavy (non-hydrogen) atoms. The number of carbonyl (C=O) groups is 1. The average molecular weight is 402 g/mol. The van der Waals surface area contributed by atoms with Crippen LogP contribution >= 0.6 is 11.6 Å². The van der Waals surface area contributed by atoms with Crippen molar-refractivity contribution in [3.8, 4) is 0 Å². The van der Waals surface area contributed by atoms with E-state index in [0.717, 1.165) is 36.4 Å². The van der Waals surface area contributed by atoms with Crippen LogP contribution in [-0.2, 0) is 17.8 Å². The number of hydrogen-bond donors (Lipinski definition) is 0. The molecule has 0 fully saturated rings. The zero-order valence-electron chi connectivity index (χ0n) is 15.9. The van der Waals surface area contributed by atoms with Crippen LogP contribution in [0.3, 0.4) is 0 Å². The molecule has 0 unspecified atom stereocenters. The maximum absolute atomic E-state index is 13.3. The summed E-state index contributed by atoms with van der Waals surface area (Å²) in [4.78, 5) is 22.1.